The van der Waals surface area contributed by atoms with Gasteiger partial charge in [-0.3, -0.25) is 4.79 Å². The van der Waals surface area contributed by atoms with Gasteiger partial charge in [-0.15, -0.1) is 0 Å². The summed E-state index contributed by atoms with van der Waals surface area (Å²) < 4.78 is 37.1. The number of carbonyl (C=O) groups is 1. The molecule has 1 saturated carbocycles. The van der Waals surface area contributed by atoms with Crippen molar-refractivity contribution in [3.8, 4) is 11.5 Å². The minimum atomic E-state index is -0.901. The van der Waals surface area contributed by atoms with Crippen molar-refractivity contribution >= 4 is 5.78 Å². The SMILES string of the molecule is CCCCCCC(C)(C)c1c(F)c(O)c2c(c1F)OC(C)(C)[C@@H]1CCC(=O)C[C@@H]21. The highest BCUT2D eigenvalue weighted by molar-refractivity contribution is 5.81. The summed E-state index contributed by atoms with van der Waals surface area (Å²) in [5.74, 6) is -2.65. The van der Waals surface area contributed by atoms with Crippen molar-refractivity contribution in [1.29, 1.82) is 0 Å². The highest BCUT2D eigenvalue weighted by Gasteiger charge is 2.50. The number of carbonyl (C=O) groups excluding carboxylic acids is 1. The fraction of sp³-hybridized carbons (Fsp3) is 0.708. The number of phenolic OH excluding ortho intramolecular Hbond substituents is 1. The third-order valence-electron chi connectivity index (χ3n) is 6.97. The van der Waals surface area contributed by atoms with Gasteiger partial charge in [0.05, 0.1) is 0 Å². The zero-order chi connectivity index (χ0) is 21.6. The predicted molar refractivity (Wildman–Crippen MR) is 110 cm³/mol. The smallest absolute Gasteiger partial charge is 0.172 e. The van der Waals surface area contributed by atoms with Crippen LogP contribution in [0, 0.1) is 17.6 Å². The van der Waals surface area contributed by atoms with E-state index in [9.17, 15) is 9.90 Å². The van der Waals surface area contributed by atoms with Crippen molar-refractivity contribution in [3.63, 3.8) is 0 Å². The standard InChI is InChI=1S/C24H34F2O3/c1-6-7-8-9-12-23(2,3)18-19(25)21(28)17-15-13-14(27)10-11-16(15)24(4,5)29-22(17)20(18)26/h15-16,28H,6-13H2,1-5H3/t15-,16-/m1/s1. The van der Waals surface area contributed by atoms with Gasteiger partial charge in [0, 0.05) is 35.8 Å². The second kappa shape index (κ2) is 7.88. The number of ether oxygens (including phenoxy) is 1. The number of ketones is 1. The Labute approximate surface area is 172 Å². The van der Waals surface area contributed by atoms with E-state index in [-0.39, 0.29) is 35.0 Å². The van der Waals surface area contributed by atoms with Gasteiger partial charge in [-0.05, 0) is 32.1 Å². The molecule has 0 unspecified atom stereocenters. The van der Waals surface area contributed by atoms with E-state index >= 15 is 8.78 Å². The van der Waals surface area contributed by atoms with Gasteiger partial charge in [0.1, 0.15) is 11.4 Å². The van der Waals surface area contributed by atoms with Crippen LogP contribution in [0.3, 0.4) is 0 Å². The van der Waals surface area contributed by atoms with Crippen LogP contribution in [0.15, 0.2) is 0 Å². The number of rotatable bonds is 6. The molecule has 0 radical (unpaired) electrons. The van der Waals surface area contributed by atoms with Gasteiger partial charge in [0.15, 0.2) is 23.1 Å². The molecule has 1 aromatic rings. The van der Waals surface area contributed by atoms with Gasteiger partial charge in [0.2, 0.25) is 0 Å². The maximum Gasteiger partial charge on any atom is 0.172 e. The molecule has 1 aliphatic heterocycles. The third-order valence-corrected chi connectivity index (χ3v) is 6.97. The lowest BCUT2D eigenvalue weighted by Crippen LogP contribution is -2.47. The summed E-state index contributed by atoms with van der Waals surface area (Å²) in [7, 11) is 0. The Hall–Kier alpha value is -1.65. The highest BCUT2D eigenvalue weighted by atomic mass is 19.1. The number of halogens is 2. The molecule has 0 amide bonds. The summed E-state index contributed by atoms with van der Waals surface area (Å²) in [5.41, 5.74) is -1.43. The molecule has 0 bridgehead atoms. The van der Waals surface area contributed by atoms with E-state index in [0.29, 0.717) is 19.3 Å². The van der Waals surface area contributed by atoms with Crippen molar-refractivity contribution in [1.82, 2.24) is 0 Å². The summed E-state index contributed by atoms with van der Waals surface area (Å²) in [6.07, 6.45) is 5.90. The zero-order valence-electron chi connectivity index (χ0n) is 18.3. The molecule has 3 nitrogen and oxygen atoms in total. The largest absolute Gasteiger partial charge is 0.505 e. The lowest BCUT2D eigenvalue weighted by atomic mass is 9.65. The Balaban J connectivity index is 2.08. The van der Waals surface area contributed by atoms with Crippen LogP contribution >= 0.6 is 0 Å². The molecule has 1 fully saturated rings. The van der Waals surface area contributed by atoms with Gasteiger partial charge in [-0.1, -0.05) is 46.5 Å². The molecule has 5 heteroatoms. The van der Waals surface area contributed by atoms with Crippen LogP contribution in [0.25, 0.3) is 0 Å². The highest BCUT2D eigenvalue weighted by Crippen LogP contribution is 2.56. The minimum absolute atomic E-state index is 0.0645. The second-order valence-electron chi connectivity index (χ2n) is 9.99. The van der Waals surface area contributed by atoms with Gasteiger partial charge >= 0.3 is 0 Å². The van der Waals surface area contributed by atoms with Crippen molar-refractivity contribution in [3.05, 3.63) is 22.8 Å². The number of Topliss-reactive ketones (excluding diaryl/α,β-unsaturated/α-hetero) is 1. The van der Waals surface area contributed by atoms with E-state index in [2.05, 4.69) is 6.92 Å². The van der Waals surface area contributed by atoms with Gasteiger partial charge in [0.25, 0.3) is 0 Å². The molecule has 1 aliphatic carbocycles. The number of hydrogen-bond donors (Lipinski definition) is 1. The summed E-state index contributed by atoms with van der Waals surface area (Å²) in [6, 6.07) is 0. The van der Waals surface area contributed by atoms with E-state index in [1.165, 1.54) is 0 Å². The molecule has 29 heavy (non-hydrogen) atoms. The van der Waals surface area contributed by atoms with Gasteiger partial charge < -0.3 is 9.84 Å². The quantitative estimate of drug-likeness (QED) is 0.544. The lowest BCUT2D eigenvalue weighted by molar-refractivity contribution is -0.124. The van der Waals surface area contributed by atoms with Crippen LogP contribution in [0.4, 0.5) is 8.78 Å². The van der Waals surface area contributed by atoms with Crippen LogP contribution < -0.4 is 4.74 Å². The topological polar surface area (TPSA) is 46.5 Å². The van der Waals surface area contributed by atoms with Gasteiger partial charge in [-0.2, -0.15) is 0 Å². The van der Waals surface area contributed by atoms with Crippen molar-refractivity contribution in [2.45, 2.75) is 103 Å². The molecule has 2 aliphatic rings. The lowest BCUT2D eigenvalue weighted by Gasteiger charge is -2.47. The molecule has 1 N–H and O–H groups in total. The van der Waals surface area contributed by atoms with Crippen LogP contribution in [0.1, 0.15) is 103 Å². The van der Waals surface area contributed by atoms with E-state index in [1.54, 1.807) is 0 Å². The molecule has 0 aromatic heterocycles. The average Bonchev–Trinajstić information content (AvgIpc) is 2.62. The van der Waals surface area contributed by atoms with E-state index in [0.717, 1.165) is 25.7 Å². The van der Waals surface area contributed by atoms with Crippen molar-refractivity contribution in [2.75, 3.05) is 0 Å². The molecular weight excluding hydrogens is 374 g/mol. The molecule has 0 spiro atoms. The summed E-state index contributed by atoms with van der Waals surface area (Å²) in [6.45, 7) is 9.52. The Morgan fingerprint density at radius 2 is 1.86 bits per heavy atom. The minimum Gasteiger partial charge on any atom is -0.505 e. The zero-order valence-corrected chi connectivity index (χ0v) is 18.3. The van der Waals surface area contributed by atoms with E-state index < -0.39 is 34.3 Å². The fourth-order valence-electron chi connectivity index (χ4n) is 5.31. The molecule has 1 heterocycles. The summed E-state index contributed by atoms with van der Waals surface area (Å²) >= 11 is 0. The molecule has 0 saturated heterocycles. The first-order valence-corrected chi connectivity index (χ1v) is 11.0. The number of benzene rings is 1. The normalized spacial score (nSPS) is 23.3. The van der Waals surface area contributed by atoms with Crippen LogP contribution in [-0.4, -0.2) is 16.5 Å². The fourth-order valence-corrected chi connectivity index (χ4v) is 5.31. The Kier molecular flexibility index (Phi) is 5.99. The number of hydrogen-bond acceptors (Lipinski definition) is 3. The number of unbranched alkanes of at least 4 members (excludes halogenated alkanes) is 3. The summed E-state index contributed by atoms with van der Waals surface area (Å²) in [5, 5.41) is 10.8. The summed E-state index contributed by atoms with van der Waals surface area (Å²) in [4.78, 5) is 12.1. The number of fused-ring (bicyclic) bond motifs is 3. The third kappa shape index (κ3) is 3.89. The first-order chi connectivity index (χ1) is 13.5. The maximum absolute atomic E-state index is 15.7. The predicted octanol–water partition coefficient (Wildman–Crippen LogP) is 6.54. The van der Waals surface area contributed by atoms with E-state index in [4.69, 9.17) is 4.74 Å². The monoisotopic (exact) mass is 408 g/mol. The van der Waals surface area contributed by atoms with Crippen LogP contribution in [0.2, 0.25) is 0 Å². The van der Waals surface area contributed by atoms with E-state index in [1.807, 2.05) is 27.7 Å². The maximum atomic E-state index is 15.7. The number of phenols is 1. The molecular formula is C24H34F2O3. The molecule has 2 atom stereocenters. The Morgan fingerprint density at radius 1 is 1.17 bits per heavy atom. The Morgan fingerprint density at radius 3 is 2.52 bits per heavy atom. The first-order valence-electron chi connectivity index (χ1n) is 11.0. The molecule has 3 rings (SSSR count). The van der Waals surface area contributed by atoms with Gasteiger partial charge in [-0.25, -0.2) is 8.78 Å². The average molecular weight is 409 g/mol. The van der Waals surface area contributed by atoms with Crippen LogP contribution in [-0.2, 0) is 10.2 Å². The molecule has 1 aromatic carbocycles. The van der Waals surface area contributed by atoms with Crippen LogP contribution in [0.5, 0.6) is 11.5 Å². The second-order valence-corrected chi connectivity index (χ2v) is 9.99. The molecule has 162 valence electrons. The van der Waals surface area contributed by atoms with Crippen molar-refractivity contribution in [2.24, 2.45) is 5.92 Å². The number of aromatic hydroxyl groups is 1. The Bertz CT molecular complexity index is 798. The van der Waals surface area contributed by atoms with Crippen molar-refractivity contribution < 1.29 is 23.4 Å². The first kappa shape index (κ1) is 22.0.